The maximum absolute atomic E-state index is 12.7. The summed E-state index contributed by atoms with van der Waals surface area (Å²) in [5, 5.41) is 2.94. The minimum absolute atomic E-state index is 0.0731. The third kappa shape index (κ3) is 3.35. The van der Waals surface area contributed by atoms with Crippen LogP contribution in [-0.2, 0) is 9.84 Å². The first kappa shape index (κ1) is 17.4. The topological polar surface area (TPSA) is 109 Å². The number of hydrogen-bond acceptors (Lipinski definition) is 5. The van der Waals surface area contributed by atoms with E-state index in [1.807, 2.05) is 0 Å². The monoisotopic (exact) mass is 383 g/mol. The van der Waals surface area contributed by atoms with E-state index in [-0.39, 0.29) is 28.2 Å². The maximum atomic E-state index is 12.7. The number of fused-ring (bicyclic) bond motifs is 2. The smallest absolute Gasteiger partial charge is 0.266 e. The lowest BCUT2D eigenvalue weighted by atomic mass is 10.0. The molecule has 0 fully saturated rings. The highest BCUT2D eigenvalue weighted by Gasteiger charge is 2.28. The fraction of sp³-hybridized carbons (Fsp3) is 0.211. The lowest BCUT2D eigenvalue weighted by Gasteiger charge is -2.19. The van der Waals surface area contributed by atoms with Crippen LogP contribution in [0.15, 0.2) is 58.4 Å². The van der Waals surface area contributed by atoms with Gasteiger partial charge in [-0.1, -0.05) is 18.2 Å². The van der Waals surface area contributed by atoms with Gasteiger partial charge in [0.05, 0.1) is 33.9 Å². The number of sulfone groups is 1. The molecular formula is C19H17N3O4S. The molecule has 1 aliphatic rings. The van der Waals surface area contributed by atoms with Crippen LogP contribution in [0.5, 0.6) is 0 Å². The first-order valence-electron chi connectivity index (χ1n) is 8.56. The molecule has 0 aliphatic carbocycles. The predicted octanol–water partition coefficient (Wildman–Crippen LogP) is 1.96. The lowest BCUT2D eigenvalue weighted by Crippen LogP contribution is -2.28. The standard InChI is InChI=1S/C19H17N3O4S/c23-18-11-20-16-10-12(7-8-15(16)21-18)19(24)22-14-5-3-9-27(25,26)17-6-2-1-4-13(14)17/h1-2,4,6-8,10-11,14H,3,5,9H2,(H,21,23)(H,22,24)/t14-/m1/s1. The molecule has 0 saturated heterocycles. The number of hydrogen-bond donors (Lipinski definition) is 2. The number of aromatic amines is 1. The van der Waals surface area contributed by atoms with E-state index in [1.165, 1.54) is 0 Å². The van der Waals surface area contributed by atoms with E-state index in [9.17, 15) is 18.0 Å². The minimum Gasteiger partial charge on any atom is -0.345 e. The summed E-state index contributed by atoms with van der Waals surface area (Å²) in [6.45, 7) is 0. The molecule has 1 aromatic heterocycles. The molecule has 27 heavy (non-hydrogen) atoms. The molecular weight excluding hydrogens is 366 g/mol. The molecule has 0 bridgehead atoms. The Morgan fingerprint density at radius 2 is 2.00 bits per heavy atom. The van der Waals surface area contributed by atoms with Crippen LogP contribution in [0.3, 0.4) is 0 Å². The van der Waals surface area contributed by atoms with Gasteiger partial charge in [0.2, 0.25) is 0 Å². The average molecular weight is 383 g/mol. The third-order valence-electron chi connectivity index (χ3n) is 4.68. The van der Waals surface area contributed by atoms with Gasteiger partial charge in [0.15, 0.2) is 9.84 Å². The van der Waals surface area contributed by atoms with Gasteiger partial charge in [0.25, 0.3) is 11.5 Å². The van der Waals surface area contributed by atoms with Crippen molar-refractivity contribution in [3.63, 3.8) is 0 Å². The van der Waals surface area contributed by atoms with Gasteiger partial charge < -0.3 is 10.3 Å². The molecule has 1 atom stereocenters. The summed E-state index contributed by atoms with van der Waals surface area (Å²) >= 11 is 0. The van der Waals surface area contributed by atoms with Gasteiger partial charge in [-0.3, -0.25) is 9.59 Å². The van der Waals surface area contributed by atoms with Crippen molar-refractivity contribution in [3.05, 3.63) is 70.1 Å². The molecule has 3 aromatic rings. The molecule has 0 saturated carbocycles. The average Bonchev–Trinajstić information content (AvgIpc) is 2.78. The zero-order chi connectivity index (χ0) is 19.0. The highest BCUT2D eigenvalue weighted by atomic mass is 32.2. The number of carbonyl (C=O) groups excluding carboxylic acids is 1. The fourth-order valence-electron chi connectivity index (χ4n) is 3.36. The summed E-state index contributed by atoms with van der Waals surface area (Å²) in [7, 11) is -3.34. The SMILES string of the molecule is O=C(N[C@@H]1CCCS(=O)(=O)c2ccccc21)c1ccc2[nH]c(=O)cnc2c1. The quantitative estimate of drug-likeness (QED) is 0.703. The van der Waals surface area contributed by atoms with Crippen LogP contribution in [-0.4, -0.2) is 30.0 Å². The second-order valence-electron chi connectivity index (χ2n) is 6.50. The van der Waals surface area contributed by atoms with Gasteiger partial charge in [-0.2, -0.15) is 0 Å². The van der Waals surface area contributed by atoms with Crippen molar-refractivity contribution in [2.24, 2.45) is 0 Å². The zero-order valence-corrected chi connectivity index (χ0v) is 15.1. The minimum atomic E-state index is -3.34. The van der Waals surface area contributed by atoms with Gasteiger partial charge in [-0.05, 0) is 42.7 Å². The molecule has 0 radical (unpaired) electrons. The van der Waals surface area contributed by atoms with E-state index in [0.717, 1.165) is 6.20 Å². The molecule has 8 heteroatoms. The Morgan fingerprint density at radius 1 is 1.19 bits per heavy atom. The number of benzene rings is 2. The number of aromatic nitrogens is 2. The lowest BCUT2D eigenvalue weighted by molar-refractivity contribution is 0.0934. The summed E-state index contributed by atoms with van der Waals surface area (Å²) < 4.78 is 24.8. The van der Waals surface area contributed by atoms with E-state index in [1.54, 1.807) is 42.5 Å². The molecule has 2 N–H and O–H groups in total. The van der Waals surface area contributed by atoms with Crippen LogP contribution < -0.4 is 10.9 Å². The van der Waals surface area contributed by atoms with E-state index in [4.69, 9.17) is 0 Å². The Kier molecular flexibility index (Phi) is 4.27. The summed E-state index contributed by atoms with van der Waals surface area (Å²) in [6, 6.07) is 11.2. The Bertz CT molecular complexity index is 1200. The number of carbonyl (C=O) groups is 1. The predicted molar refractivity (Wildman–Crippen MR) is 100 cm³/mol. The summed E-state index contributed by atoms with van der Waals surface area (Å²) in [5.41, 5.74) is 1.75. The number of H-pyrrole nitrogens is 1. The van der Waals surface area contributed by atoms with Crippen LogP contribution in [0.2, 0.25) is 0 Å². The van der Waals surface area contributed by atoms with E-state index in [0.29, 0.717) is 35.0 Å². The van der Waals surface area contributed by atoms with Gasteiger partial charge >= 0.3 is 0 Å². The zero-order valence-electron chi connectivity index (χ0n) is 14.3. The number of amides is 1. The van der Waals surface area contributed by atoms with Crippen molar-refractivity contribution >= 4 is 26.8 Å². The van der Waals surface area contributed by atoms with Crippen LogP contribution in [0.25, 0.3) is 11.0 Å². The summed E-state index contributed by atoms with van der Waals surface area (Å²) in [4.78, 5) is 31.0. The van der Waals surface area contributed by atoms with Crippen molar-refractivity contribution in [3.8, 4) is 0 Å². The van der Waals surface area contributed by atoms with Crippen molar-refractivity contribution < 1.29 is 13.2 Å². The van der Waals surface area contributed by atoms with Crippen molar-refractivity contribution in [2.45, 2.75) is 23.8 Å². The third-order valence-corrected chi connectivity index (χ3v) is 6.55. The first-order valence-corrected chi connectivity index (χ1v) is 10.2. The van der Waals surface area contributed by atoms with E-state index >= 15 is 0 Å². The van der Waals surface area contributed by atoms with Crippen LogP contribution in [0, 0.1) is 0 Å². The second-order valence-corrected chi connectivity index (χ2v) is 8.58. The Morgan fingerprint density at radius 3 is 2.85 bits per heavy atom. The van der Waals surface area contributed by atoms with Crippen molar-refractivity contribution in [1.29, 1.82) is 0 Å². The highest BCUT2D eigenvalue weighted by molar-refractivity contribution is 7.91. The molecule has 0 unspecified atom stereocenters. The van der Waals surface area contributed by atoms with Gasteiger partial charge in [-0.15, -0.1) is 0 Å². The second kappa shape index (κ2) is 6.62. The highest BCUT2D eigenvalue weighted by Crippen LogP contribution is 2.31. The molecule has 1 amide bonds. The summed E-state index contributed by atoms with van der Waals surface area (Å²) in [5.74, 6) is -0.243. The first-order chi connectivity index (χ1) is 12.9. The van der Waals surface area contributed by atoms with E-state index < -0.39 is 9.84 Å². The van der Waals surface area contributed by atoms with Crippen LogP contribution >= 0.6 is 0 Å². The number of rotatable bonds is 2. The Labute approximate surface area is 155 Å². The van der Waals surface area contributed by atoms with Gasteiger partial charge in [0, 0.05) is 5.56 Å². The Balaban J connectivity index is 1.66. The fourth-order valence-corrected chi connectivity index (χ4v) is 4.99. The normalized spacial score (nSPS) is 18.4. The molecule has 2 heterocycles. The number of nitrogens with one attached hydrogen (secondary N) is 2. The molecule has 1 aliphatic heterocycles. The van der Waals surface area contributed by atoms with Crippen LogP contribution in [0.1, 0.15) is 34.8 Å². The van der Waals surface area contributed by atoms with Crippen LogP contribution in [0.4, 0.5) is 0 Å². The molecule has 7 nitrogen and oxygen atoms in total. The van der Waals surface area contributed by atoms with Gasteiger partial charge in [-0.25, -0.2) is 13.4 Å². The molecule has 4 rings (SSSR count). The van der Waals surface area contributed by atoms with Crippen molar-refractivity contribution in [1.82, 2.24) is 15.3 Å². The number of nitrogens with zero attached hydrogens (tertiary/aromatic N) is 1. The Hall–Kier alpha value is -3.00. The summed E-state index contributed by atoms with van der Waals surface area (Å²) in [6.07, 6.45) is 2.18. The van der Waals surface area contributed by atoms with E-state index in [2.05, 4.69) is 15.3 Å². The molecule has 138 valence electrons. The maximum Gasteiger partial charge on any atom is 0.266 e. The molecule has 0 spiro atoms. The largest absolute Gasteiger partial charge is 0.345 e. The van der Waals surface area contributed by atoms with Gasteiger partial charge in [0.1, 0.15) is 0 Å². The molecule has 2 aromatic carbocycles. The van der Waals surface area contributed by atoms with Crippen molar-refractivity contribution in [2.75, 3.05) is 5.75 Å².